The molecule has 0 saturated heterocycles. The van der Waals surface area contributed by atoms with Gasteiger partial charge in [-0.3, -0.25) is 4.79 Å². The van der Waals surface area contributed by atoms with Gasteiger partial charge in [0, 0.05) is 29.0 Å². The third-order valence-corrected chi connectivity index (χ3v) is 5.77. The molecule has 0 fully saturated rings. The molecule has 2 aromatic carbocycles. The first kappa shape index (κ1) is 23.8. The predicted octanol–water partition coefficient (Wildman–Crippen LogP) is 4.93. The van der Waals surface area contributed by atoms with E-state index in [0.29, 0.717) is 33.6 Å². The van der Waals surface area contributed by atoms with Crippen molar-refractivity contribution in [3.63, 3.8) is 0 Å². The van der Waals surface area contributed by atoms with Crippen molar-refractivity contribution in [3.05, 3.63) is 76.0 Å². The van der Waals surface area contributed by atoms with Crippen molar-refractivity contribution in [1.82, 2.24) is 10.2 Å². The van der Waals surface area contributed by atoms with Crippen LogP contribution in [0.15, 0.2) is 59.8 Å². The number of rotatable bonds is 6. The van der Waals surface area contributed by atoms with E-state index >= 15 is 0 Å². The number of hydrogen-bond acceptors (Lipinski definition) is 4. The van der Waals surface area contributed by atoms with Gasteiger partial charge in [-0.2, -0.15) is 0 Å². The van der Waals surface area contributed by atoms with Crippen molar-refractivity contribution in [3.8, 4) is 0 Å². The molecule has 0 spiro atoms. The number of anilines is 1. The van der Waals surface area contributed by atoms with Crippen molar-refractivity contribution in [1.29, 1.82) is 0 Å². The molecule has 0 radical (unpaired) electrons. The van der Waals surface area contributed by atoms with Gasteiger partial charge >= 0.3 is 5.97 Å². The Morgan fingerprint density at radius 1 is 1.16 bits per heavy atom. The fourth-order valence-electron chi connectivity index (χ4n) is 3.23. The summed E-state index contributed by atoms with van der Waals surface area (Å²) in [6.45, 7) is 6.17. The summed E-state index contributed by atoms with van der Waals surface area (Å²) in [5.74, 6) is -0.373. The van der Waals surface area contributed by atoms with E-state index in [4.69, 9.17) is 28.6 Å². The number of carbonyl (C=O) groups excluding carboxylic acids is 2. The number of halogens is 1. The van der Waals surface area contributed by atoms with E-state index in [1.165, 1.54) is 0 Å². The highest BCUT2D eigenvalue weighted by Crippen LogP contribution is 2.31. The van der Waals surface area contributed by atoms with Crippen LogP contribution in [0, 0.1) is 5.92 Å². The van der Waals surface area contributed by atoms with Gasteiger partial charge in [0.05, 0.1) is 18.2 Å². The zero-order valence-corrected chi connectivity index (χ0v) is 20.0. The summed E-state index contributed by atoms with van der Waals surface area (Å²) in [6, 6.07) is 13.5. The van der Waals surface area contributed by atoms with Gasteiger partial charge in [-0.25, -0.2) is 4.79 Å². The largest absolute Gasteiger partial charge is 0.462 e. The Labute approximate surface area is 198 Å². The number of amides is 1. The van der Waals surface area contributed by atoms with Crippen LogP contribution < -0.4 is 10.6 Å². The molecule has 168 valence electrons. The van der Waals surface area contributed by atoms with Gasteiger partial charge in [0.1, 0.15) is 0 Å². The zero-order valence-electron chi connectivity index (χ0n) is 18.4. The van der Waals surface area contributed by atoms with Crippen LogP contribution in [-0.4, -0.2) is 35.5 Å². The molecule has 32 heavy (non-hydrogen) atoms. The lowest BCUT2D eigenvalue weighted by molar-refractivity contribution is -0.140. The normalized spacial score (nSPS) is 16.1. The quantitative estimate of drug-likeness (QED) is 0.460. The molecule has 1 aliphatic rings. The van der Waals surface area contributed by atoms with Crippen molar-refractivity contribution < 1.29 is 14.3 Å². The fourth-order valence-corrected chi connectivity index (χ4v) is 3.61. The molecule has 0 saturated carbocycles. The van der Waals surface area contributed by atoms with E-state index in [-0.39, 0.29) is 17.8 Å². The van der Waals surface area contributed by atoms with Gasteiger partial charge in [-0.15, -0.1) is 0 Å². The fraction of sp³-hybridized carbons (Fsp3) is 0.292. The van der Waals surface area contributed by atoms with E-state index in [0.717, 1.165) is 11.3 Å². The van der Waals surface area contributed by atoms with E-state index in [1.54, 1.807) is 41.3 Å². The number of esters is 1. The molecule has 2 N–H and O–H groups in total. The molecule has 6 nitrogen and oxygen atoms in total. The Bertz CT molecular complexity index is 1050. The Balaban J connectivity index is 1.81. The molecule has 1 heterocycles. The van der Waals surface area contributed by atoms with Gasteiger partial charge in [-0.05, 0) is 67.0 Å². The molecule has 1 aliphatic heterocycles. The maximum absolute atomic E-state index is 12.9. The molecule has 1 unspecified atom stereocenters. The highest BCUT2D eigenvalue weighted by molar-refractivity contribution is 7.80. The number of nitrogens with one attached hydrogen (secondary N) is 2. The van der Waals surface area contributed by atoms with Crippen LogP contribution in [0.5, 0.6) is 0 Å². The van der Waals surface area contributed by atoms with E-state index in [2.05, 4.69) is 10.6 Å². The summed E-state index contributed by atoms with van der Waals surface area (Å²) in [4.78, 5) is 27.1. The first-order valence-corrected chi connectivity index (χ1v) is 11.0. The van der Waals surface area contributed by atoms with Crippen LogP contribution in [0.1, 0.15) is 42.7 Å². The molecule has 2 aromatic rings. The van der Waals surface area contributed by atoms with Crippen LogP contribution in [0.4, 0.5) is 5.69 Å². The SMILES string of the molecule is CC1=C(C(=O)OCC(C)C)C(c2ccc(NC(=O)c3ccc(Cl)cc3)cc2)NC(=S)N1C. The molecule has 0 aromatic heterocycles. The number of carbonyl (C=O) groups is 2. The standard InChI is InChI=1S/C24H26ClN3O3S/c1-14(2)13-31-23(30)20-15(3)28(4)24(32)27-21(20)16-7-11-19(12-8-16)26-22(29)17-5-9-18(25)10-6-17/h5-12,14,21H,13H2,1-4H3,(H,26,29)(H,27,32). The summed E-state index contributed by atoms with van der Waals surface area (Å²) < 4.78 is 5.51. The lowest BCUT2D eigenvalue weighted by Gasteiger charge is -2.35. The van der Waals surface area contributed by atoms with E-state index < -0.39 is 6.04 Å². The maximum Gasteiger partial charge on any atom is 0.338 e. The van der Waals surface area contributed by atoms with Crippen LogP contribution in [0.25, 0.3) is 0 Å². The van der Waals surface area contributed by atoms with Crippen molar-refractivity contribution in [2.24, 2.45) is 5.92 Å². The maximum atomic E-state index is 12.9. The van der Waals surface area contributed by atoms with Crippen LogP contribution in [0.3, 0.4) is 0 Å². The van der Waals surface area contributed by atoms with Gasteiger partial charge < -0.3 is 20.3 Å². The first-order valence-electron chi connectivity index (χ1n) is 10.3. The van der Waals surface area contributed by atoms with Gasteiger partial charge in [0.2, 0.25) is 0 Å². The zero-order chi connectivity index (χ0) is 23.4. The highest BCUT2D eigenvalue weighted by atomic mass is 35.5. The smallest absolute Gasteiger partial charge is 0.338 e. The lowest BCUT2D eigenvalue weighted by atomic mass is 9.95. The second kappa shape index (κ2) is 10.1. The van der Waals surface area contributed by atoms with Gasteiger partial charge in [0.15, 0.2) is 5.11 Å². The van der Waals surface area contributed by atoms with Crippen molar-refractivity contribution in [2.75, 3.05) is 19.0 Å². The average Bonchev–Trinajstić information content (AvgIpc) is 2.76. The second-order valence-corrected chi connectivity index (χ2v) is 8.84. The third kappa shape index (κ3) is 5.47. The summed E-state index contributed by atoms with van der Waals surface area (Å²) in [7, 11) is 1.81. The number of ether oxygens (including phenoxy) is 1. The topological polar surface area (TPSA) is 70.7 Å². The van der Waals surface area contributed by atoms with Crippen LogP contribution in [0.2, 0.25) is 5.02 Å². The number of benzene rings is 2. The van der Waals surface area contributed by atoms with Gasteiger partial charge in [-0.1, -0.05) is 37.6 Å². The molecule has 1 amide bonds. The van der Waals surface area contributed by atoms with Crippen LogP contribution >= 0.6 is 23.8 Å². The summed E-state index contributed by atoms with van der Waals surface area (Å²) in [6.07, 6.45) is 0. The van der Waals surface area contributed by atoms with Crippen molar-refractivity contribution >= 4 is 46.5 Å². The number of nitrogens with zero attached hydrogens (tertiary/aromatic N) is 1. The Morgan fingerprint density at radius 2 is 1.78 bits per heavy atom. The highest BCUT2D eigenvalue weighted by Gasteiger charge is 2.33. The minimum Gasteiger partial charge on any atom is -0.462 e. The Morgan fingerprint density at radius 3 is 2.38 bits per heavy atom. The van der Waals surface area contributed by atoms with E-state index in [9.17, 15) is 9.59 Å². The summed E-state index contributed by atoms with van der Waals surface area (Å²) >= 11 is 11.3. The summed E-state index contributed by atoms with van der Waals surface area (Å²) in [5, 5.41) is 7.17. The molecule has 0 aliphatic carbocycles. The molecule has 8 heteroatoms. The molecular weight excluding hydrogens is 446 g/mol. The summed E-state index contributed by atoms with van der Waals surface area (Å²) in [5.41, 5.74) is 3.23. The predicted molar refractivity (Wildman–Crippen MR) is 131 cm³/mol. The number of thiocarbonyl (C=S) groups is 1. The van der Waals surface area contributed by atoms with Gasteiger partial charge in [0.25, 0.3) is 5.91 Å². The van der Waals surface area contributed by atoms with Crippen molar-refractivity contribution in [2.45, 2.75) is 26.8 Å². The Kier molecular flexibility index (Phi) is 7.53. The number of hydrogen-bond donors (Lipinski definition) is 2. The molecule has 1 atom stereocenters. The Hall–Kier alpha value is -2.90. The third-order valence-electron chi connectivity index (χ3n) is 5.13. The lowest BCUT2D eigenvalue weighted by Crippen LogP contribution is -2.46. The van der Waals surface area contributed by atoms with Crippen LogP contribution in [-0.2, 0) is 9.53 Å². The minimum absolute atomic E-state index is 0.234. The average molecular weight is 472 g/mol. The minimum atomic E-state index is -0.445. The first-order chi connectivity index (χ1) is 15.2. The monoisotopic (exact) mass is 471 g/mol. The molecular formula is C24H26ClN3O3S. The number of allylic oxidation sites excluding steroid dienone is 1. The molecule has 3 rings (SSSR count). The second-order valence-electron chi connectivity index (χ2n) is 8.02. The molecule has 0 bridgehead atoms. The van der Waals surface area contributed by atoms with E-state index in [1.807, 2.05) is 40.0 Å².